The number of fused-ring (bicyclic) bond motifs is 2. The Bertz CT molecular complexity index is 1450. The highest BCUT2D eigenvalue weighted by Gasteiger charge is 2.11. The van der Waals surface area contributed by atoms with Crippen LogP contribution in [0.15, 0.2) is 74.4 Å². The number of para-hydroxylation sites is 1. The number of thiazole rings is 1. The molecule has 3 heterocycles. The average Bonchev–Trinajstić information content (AvgIpc) is 3.40. The van der Waals surface area contributed by atoms with Crippen LogP contribution in [-0.2, 0) is 0 Å². The molecule has 0 amide bonds. The molecule has 5 aromatic rings. The SMILES string of the molecule is COc1ccc2[nH]cc(/C=N/Nc3nc(-c4cc5ccccc5oc4=O)cs3)c2c1. The summed E-state index contributed by atoms with van der Waals surface area (Å²) < 4.78 is 10.7. The quantitative estimate of drug-likeness (QED) is 0.243. The number of hydrogen-bond acceptors (Lipinski definition) is 7. The van der Waals surface area contributed by atoms with Crippen LogP contribution >= 0.6 is 11.3 Å². The predicted octanol–water partition coefficient (Wildman–Crippen LogP) is 4.85. The smallest absolute Gasteiger partial charge is 0.345 e. The van der Waals surface area contributed by atoms with Crippen LogP contribution in [0.2, 0.25) is 0 Å². The van der Waals surface area contributed by atoms with Gasteiger partial charge in [0.2, 0.25) is 5.13 Å². The van der Waals surface area contributed by atoms with Crippen molar-refractivity contribution in [3.05, 3.63) is 76.1 Å². The number of H-pyrrole nitrogens is 1. The summed E-state index contributed by atoms with van der Waals surface area (Å²) in [5.41, 5.74) is 5.95. The van der Waals surface area contributed by atoms with Gasteiger partial charge in [0.25, 0.3) is 0 Å². The van der Waals surface area contributed by atoms with Gasteiger partial charge in [-0.2, -0.15) is 5.10 Å². The Labute approximate surface area is 174 Å². The standard InChI is InChI=1S/C22H16N4O3S/c1-28-15-6-7-18-16(9-15)14(10-23-18)11-24-26-22-25-19(12-30-22)17-8-13-4-2-3-5-20(13)29-21(17)27/h2-12,23H,1H3,(H,25,26)/b24-11+. The highest BCUT2D eigenvalue weighted by Crippen LogP contribution is 2.26. The lowest BCUT2D eigenvalue weighted by molar-refractivity contribution is 0.415. The first kappa shape index (κ1) is 18.1. The molecule has 7 nitrogen and oxygen atoms in total. The van der Waals surface area contributed by atoms with E-state index >= 15 is 0 Å². The van der Waals surface area contributed by atoms with E-state index in [9.17, 15) is 4.79 Å². The van der Waals surface area contributed by atoms with E-state index in [2.05, 4.69) is 20.5 Å². The molecule has 0 saturated carbocycles. The number of aromatic amines is 1. The fourth-order valence-electron chi connectivity index (χ4n) is 3.20. The average molecular weight is 416 g/mol. The lowest BCUT2D eigenvalue weighted by Crippen LogP contribution is -2.02. The maximum Gasteiger partial charge on any atom is 0.345 e. The summed E-state index contributed by atoms with van der Waals surface area (Å²) >= 11 is 1.36. The number of hydrogen-bond donors (Lipinski definition) is 2. The van der Waals surface area contributed by atoms with E-state index in [1.807, 2.05) is 42.6 Å². The third-order valence-corrected chi connectivity index (χ3v) is 5.45. The van der Waals surface area contributed by atoms with Crippen molar-refractivity contribution in [2.45, 2.75) is 0 Å². The maximum absolute atomic E-state index is 12.3. The van der Waals surface area contributed by atoms with E-state index in [4.69, 9.17) is 9.15 Å². The Balaban J connectivity index is 1.38. The van der Waals surface area contributed by atoms with Gasteiger partial charge in [0.1, 0.15) is 11.3 Å². The van der Waals surface area contributed by atoms with Gasteiger partial charge in [-0.3, -0.25) is 5.43 Å². The number of benzene rings is 2. The molecule has 5 rings (SSSR count). The number of nitrogens with zero attached hydrogens (tertiary/aromatic N) is 2. The number of anilines is 1. The molecule has 2 N–H and O–H groups in total. The van der Waals surface area contributed by atoms with Crippen LogP contribution in [0.4, 0.5) is 5.13 Å². The maximum atomic E-state index is 12.3. The number of ether oxygens (including phenoxy) is 1. The number of methoxy groups -OCH3 is 1. The molecule has 3 aromatic heterocycles. The van der Waals surface area contributed by atoms with E-state index in [0.29, 0.717) is 22.0 Å². The minimum Gasteiger partial charge on any atom is -0.497 e. The van der Waals surface area contributed by atoms with Crippen molar-refractivity contribution in [2.24, 2.45) is 5.10 Å². The minimum absolute atomic E-state index is 0.415. The Hall–Kier alpha value is -3.91. The highest BCUT2D eigenvalue weighted by molar-refractivity contribution is 7.14. The van der Waals surface area contributed by atoms with Crippen LogP contribution in [0, 0.1) is 0 Å². The van der Waals surface area contributed by atoms with E-state index in [1.54, 1.807) is 30.8 Å². The molecule has 2 aromatic carbocycles. The van der Waals surface area contributed by atoms with Crippen LogP contribution in [0.25, 0.3) is 33.1 Å². The van der Waals surface area contributed by atoms with Crippen molar-refractivity contribution < 1.29 is 9.15 Å². The molecule has 0 aliphatic heterocycles. The van der Waals surface area contributed by atoms with Gasteiger partial charge in [0, 0.05) is 33.4 Å². The fourth-order valence-corrected chi connectivity index (χ4v) is 3.86. The van der Waals surface area contributed by atoms with Crippen LogP contribution in [0.5, 0.6) is 5.75 Å². The van der Waals surface area contributed by atoms with Gasteiger partial charge in [0.05, 0.1) is 24.6 Å². The summed E-state index contributed by atoms with van der Waals surface area (Å²) in [6.45, 7) is 0. The van der Waals surface area contributed by atoms with Crippen LogP contribution in [0.1, 0.15) is 5.56 Å². The van der Waals surface area contributed by atoms with Gasteiger partial charge >= 0.3 is 5.63 Å². The van der Waals surface area contributed by atoms with Gasteiger partial charge in [-0.25, -0.2) is 9.78 Å². The zero-order valence-electron chi connectivity index (χ0n) is 15.9. The fraction of sp³-hybridized carbons (Fsp3) is 0.0455. The summed E-state index contributed by atoms with van der Waals surface area (Å²) in [7, 11) is 1.64. The van der Waals surface area contributed by atoms with E-state index < -0.39 is 5.63 Å². The van der Waals surface area contributed by atoms with Crippen molar-refractivity contribution in [1.29, 1.82) is 0 Å². The molecule has 0 radical (unpaired) electrons. The normalized spacial score (nSPS) is 11.5. The summed E-state index contributed by atoms with van der Waals surface area (Å²) in [4.78, 5) is 20.0. The third-order valence-electron chi connectivity index (χ3n) is 4.71. The van der Waals surface area contributed by atoms with E-state index in [1.165, 1.54) is 11.3 Å². The molecule has 8 heteroatoms. The molecule has 0 fully saturated rings. The van der Waals surface area contributed by atoms with Crippen molar-refractivity contribution in [3.63, 3.8) is 0 Å². The lowest BCUT2D eigenvalue weighted by Gasteiger charge is -1.99. The molecule has 0 atom stereocenters. The van der Waals surface area contributed by atoms with Gasteiger partial charge in [-0.1, -0.05) is 18.2 Å². The largest absolute Gasteiger partial charge is 0.497 e. The second-order valence-corrected chi connectivity index (χ2v) is 7.41. The lowest BCUT2D eigenvalue weighted by atomic mass is 10.1. The predicted molar refractivity (Wildman–Crippen MR) is 120 cm³/mol. The van der Waals surface area contributed by atoms with Gasteiger partial charge in [0.15, 0.2) is 0 Å². The molecule has 30 heavy (non-hydrogen) atoms. The van der Waals surface area contributed by atoms with Crippen molar-refractivity contribution in [1.82, 2.24) is 9.97 Å². The monoisotopic (exact) mass is 416 g/mol. The van der Waals surface area contributed by atoms with Crippen molar-refractivity contribution in [2.75, 3.05) is 12.5 Å². The van der Waals surface area contributed by atoms with Crippen molar-refractivity contribution >= 4 is 44.6 Å². The molecular weight excluding hydrogens is 400 g/mol. The molecule has 0 aliphatic carbocycles. The number of rotatable bonds is 5. The summed E-state index contributed by atoms with van der Waals surface area (Å²) in [5, 5.41) is 8.51. The second-order valence-electron chi connectivity index (χ2n) is 6.55. The Morgan fingerprint density at radius 2 is 2.13 bits per heavy atom. The molecule has 148 valence electrons. The Morgan fingerprint density at radius 3 is 3.03 bits per heavy atom. The molecule has 0 bridgehead atoms. The van der Waals surface area contributed by atoms with Gasteiger partial charge in [-0.05, 0) is 30.3 Å². The molecular formula is C22H16N4O3S. The second kappa shape index (κ2) is 7.49. The summed E-state index contributed by atoms with van der Waals surface area (Å²) in [6, 6.07) is 15.0. The first-order valence-electron chi connectivity index (χ1n) is 9.14. The topological polar surface area (TPSA) is 92.5 Å². The Kier molecular flexibility index (Phi) is 4.53. The molecule has 0 unspecified atom stereocenters. The van der Waals surface area contributed by atoms with E-state index in [-0.39, 0.29) is 0 Å². The highest BCUT2D eigenvalue weighted by atomic mass is 32.1. The minimum atomic E-state index is -0.415. The summed E-state index contributed by atoms with van der Waals surface area (Å²) in [5.74, 6) is 0.781. The Morgan fingerprint density at radius 1 is 1.23 bits per heavy atom. The van der Waals surface area contributed by atoms with Gasteiger partial charge < -0.3 is 14.1 Å². The van der Waals surface area contributed by atoms with E-state index in [0.717, 1.165) is 27.6 Å². The molecule has 0 saturated heterocycles. The zero-order valence-corrected chi connectivity index (χ0v) is 16.7. The van der Waals surface area contributed by atoms with Crippen LogP contribution in [-0.4, -0.2) is 23.3 Å². The summed E-state index contributed by atoms with van der Waals surface area (Å²) in [6.07, 6.45) is 3.59. The third kappa shape index (κ3) is 3.33. The van der Waals surface area contributed by atoms with Gasteiger partial charge in [-0.15, -0.1) is 11.3 Å². The first-order chi connectivity index (χ1) is 14.7. The number of nitrogens with one attached hydrogen (secondary N) is 2. The molecule has 0 aliphatic rings. The zero-order chi connectivity index (χ0) is 20.5. The number of aromatic nitrogens is 2. The van der Waals surface area contributed by atoms with Crippen LogP contribution < -0.4 is 15.8 Å². The van der Waals surface area contributed by atoms with Crippen LogP contribution in [0.3, 0.4) is 0 Å². The molecule has 0 spiro atoms. The van der Waals surface area contributed by atoms with Crippen molar-refractivity contribution in [3.8, 4) is 17.0 Å². The first-order valence-corrected chi connectivity index (χ1v) is 10.0. The number of hydrazone groups is 1.